The van der Waals surface area contributed by atoms with E-state index in [1.54, 1.807) is 42.5 Å². The molecule has 0 bridgehead atoms. The standard InChI is InChI=1S/C35H62O16/c1-16-31(37)21(38-6)12-27(44-16)48-33-18(3)46-29(14-23(33)40-8)50-35-20(5)47-30(15-25(35)42-10)51-34-19(4)45-28(13-24(34)41-9)49-32-17(2)43-26(36)11-22(32)39-7/h16-37H,11-15H2,1-10H3/t16-,17-,18-,19-,20-,21+,22+,23+,24+,25+,26?,27-,28-,29+,30-,31-,32-,33-,34-,35-/m0/s1. The Kier molecular flexibility index (Phi) is 15.3. The van der Waals surface area contributed by atoms with Crippen LogP contribution in [0.2, 0.25) is 0 Å². The highest BCUT2D eigenvalue weighted by Gasteiger charge is 2.48. The highest BCUT2D eigenvalue weighted by atomic mass is 16.8. The van der Waals surface area contributed by atoms with E-state index in [1.807, 2.05) is 27.7 Å². The van der Waals surface area contributed by atoms with Crippen LogP contribution in [0.25, 0.3) is 0 Å². The lowest BCUT2D eigenvalue weighted by atomic mass is 9.98. The lowest BCUT2D eigenvalue weighted by Gasteiger charge is -2.47. The second kappa shape index (κ2) is 18.8. The summed E-state index contributed by atoms with van der Waals surface area (Å²) in [5.41, 5.74) is 0. The molecule has 51 heavy (non-hydrogen) atoms. The molecule has 16 nitrogen and oxygen atoms in total. The molecule has 0 radical (unpaired) electrons. The van der Waals surface area contributed by atoms with E-state index in [-0.39, 0.29) is 42.7 Å². The quantitative estimate of drug-likeness (QED) is 0.279. The third-order valence-electron chi connectivity index (χ3n) is 10.9. The van der Waals surface area contributed by atoms with Crippen molar-refractivity contribution in [3.63, 3.8) is 0 Å². The van der Waals surface area contributed by atoms with Gasteiger partial charge in [-0.05, 0) is 34.6 Å². The molecule has 5 rings (SSSR count). The van der Waals surface area contributed by atoms with Crippen molar-refractivity contribution in [2.45, 2.75) is 190 Å². The van der Waals surface area contributed by atoms with Crippen LogP contribution in [0, 0.1) is 0 Å². The Hall–Kier alpha value is -0.640. The van der Waals surface area contributed by atoms with E-state index in [0.717, 1.165) is 0 Å². The van der Waals surface area contributed by atoms with Gasteiger partial charge in [-0.25, -0.2) is 0 Å². The minimum atomic E-state index is -0.903. The van der Waals surface area contributed by atoms with Crippen molar-refractivity contribution in [2.75, 3.05) is 35.5 Å². The molecular formula is C35H62O16. The molecule has 5 saturated heterocycles. The Labute approximate surface area is 301 Å². The van der Waals surface area contributed by atoms with Gasteiger partial charge in [-0.2, -0.15) is 0 Å². The molecule has 5 fully saturated rings. The number of aliphatic hydroxyl groups excluding tert-OH is 2. The normalized spacial score (nSPS) is 49.9. The highest BCUT2D eigenvalue weighted by Crippen LogP contribution is 2.36. The third-order valence-corrected chi connectivity index (χ3v) is 10.9. The van der Waals surface area contributed by atoms with Crippen molar-refractivity contribution in [2.24, 2.45) is 0 Å². The Morgan fingerprint density at radius 3 is 0.980 bits per heavy atom. The van der Waals surface area contributed by atoms with Crippen molar-refractivity contribution in [1.29, 1.82) is 0 Å². The molecule has 0 amide bonds. The number of methoxy groups -OCH3 is 5. The fraction of sp³-hybridized carbons (Fsp3) is 1.00. The lowest BCUT2D eigenvalue weighted by molar-refractivity contribution is -0.351. The van der Waals surface area contributed by atoms with Crippen molar-refractivity contribution in [3.8, 4) is 0 Å². The summed E-state index contributed by atoms with van der Waals surface area (Å²) in [5.74, 6) is 0. The van der Waals surface area contributed by atoms with Crippen LogP contribution in [0.1, 0.15) is 66.7 Å². The summed E-state index contributed by atoms with van der Waals surface area (Å²) in [4.78, 5) is 0. The Morgan fingerprint density at radius 1 is 0.373 bits per heavy atom. The molecule has 5 aliphatic rings. The molecule has 0 aromatic rings. The third kappa shape index (κ3) is 9.97. The summed E-state index contributed by atoms with van der Waals surface area (Å²) in [7, 11) is 8.08. The van der Waals surface area contributed by atoms with Crippen LogP contribution >= 0.6 is 0 Å². The summed E-state index contributed by atoms with van der Waals surface area (Å²) >= 11 is 0. The van der Waals surface area contributed by atoms with Gasteiger partial charge in [0.05, 0.1) is 61.0 Å². The SMILES string of the molecule is CO[C@@H]1C[C@H](O[C@H]2[C@H](C)O[C@H](O[C@H]3[C@H](C)O[C@@H](O[C@H]4[C@H](C)O[C@@H](O[C@H]5[C@H](C)OC(O)C[C@H]5OC)C[C@H]4OC)C[C@H]3OC)C[C@H]2OC)O[C@@H](C)[C@@H]1O. The van der Waals surface area contributed by atoms with Crippen molar-refractivity contribution in [3.05, 3.63) is 0 Å². The van der Waals surface area contributed by atoms with Crippen molar-refractivity contribution in [1.82, 2.24) is 0 Å². The first-order chi connectivity index (χ1) is 24.4. The second-order valence-electron chi connectivity index (χ2n) is 14.3. The van der Waals surface area contributed by atoms with Gasteiger partial charge in [-0.15, -0.1) is 0 Å². The van der Waals surface area contributed by atoms with E-state index in [4.69, 9.17) is 66.3 Å². The molecule has 0 saturated carbocycles. The van der Waals surface area contributed by atoms with Crippen molar-refractivity contribution < 1.29 is 76.5 Å². The van der Waals surface area contributed by atoms with E-state index < -0.39 is 80.3 Å². The van der Waals surface area contributed by atoms with Gasteiger partial charge in [-0.1, -0.05) is 0 Å². The van der Waals surface area contributed by atoms with E-state index in [2.05, 4.69) is 0 Å². The molecule has 16 heteroatoms. The zero-order valence-electron chi connectivity index (χ0n) is 31.7. The topological polar surface area (TPSA) is 170 Å². The summed E-state index contributed by atoms with van der Waals surface area (Å²) in [6.45, 7) is 9.40. The highest BCUT2D eigenvalue weighted by molar-refractivity contribution is 4.91. The summed E-state index contributed by atoms with van der Waals surface area (Å²) < 4.78 is 84.9. The Balaban J connectivity index is 1.14. The maximum atomic E-state index is 10.4. The largest absolute Gasteiger partial charge is 0.388 e. The molecule has 5 aliphatic heterocycles. The number of aliphatic hydroxyl groups is 2. The van der Waals surface area contributed by atoms with Crippen LogP contribution in [0.3, 0.4) is 0 Å². The van der Waals surface area contributed by atoms with Crippen LogP contribution < -0.4 is 0 Å². The summed E-state index contributed by atoms with van der Waals surface area (Å²) in [6.07, 6.45) is -7.59. The van der Waals surface area contributed by atoms with Gasteiger partial charge in [0.2, 0.25) is 0 Å². The second-order valence-corrected chi connectivity index (χ2v) is 14.3. The molecule has 298 valence electrons. The van der Waals surface area contributed by atoms with Gasteiger partial charge in [0, 0.05) is 67.7 Å². The first-order valence-corrected chi connectivity index (χ1v) is 18.3. The van der Waals surface area contributed by atoms with Gasteiger partial charge in [-0.3, -0.25) is 0 Å². The van der Waals surface area contributed by atoms with Crippen LogP contribution in [0.5, 0.6) is 0 Å². The van der Waals surface area contributed by atoms with Crippen LogP contribution in [0.15, 0.2) is 0 Å². The fourth-order valence-corrected chi connectivity index (χ4v) is 8.02. The van der Waals surface area contributed by atoms with Gasteiger partial charge >= 0.3 is 0 Å². The van der Waals surface area contributed by atoms with Crippen molar-refractivity contribution >= 4 is 0 Å². The van der Waals surface area contributed by atoms with Gasteiger partial charge in [0.25, 0.3) is 0 Å². The Morgan fingerprint density at radius 2 is 0.647 bits per heavy atom. The molecule has 0 spiro atoms. The zero-order valence-corrected chi connectivity index (χ0v) is 31.7. The fourth-order valence-electron chi connectivity index (χ4n) is 8.02. The number of hydrogen-bond acceptors (Lipinski definition) is 16. The van der Waals surface area contributed by atoms with Gasteiger partial charge in [0.1, 0.15) is 30.5 Å². The number of ether oxygens (including phenoxy) is 14. The first kappa shape index (κ1) is 41.5. The molecule has 5 heterocycles. The van der Waals surface area contributed by atoms with E-state index in [0.29, 0.717) is 32.1 Å². The average Bonchev–Trinajstić information content (AvgIpc) is 3.10. The molecule has 0 aliphatic carbocycles. The molecular weight excluding hydrogens is 676 g/mol. The zero-order chi connectivity index (χ0) is 37.0. The molecule has 20 atom stereocenters. The van der Waals surface area contributed by atoms with Crippen LogP contribution in [-0.2, 0) is 66.3 Å². The Bertz CT molecular complexity index is 1040. The maximum Gasteiger partial charge on any atom is 0.161 e. The minimum absolute atomic E-state index is 0.306. The van der Waals surface area contributed by atoms with E-state index in [1.165, 1.54) is 0 Å². The summed E-state index contributed by atoms with van der Waals surface area (Å²) in [6, 6.07) is 0. The molecule has 0 aromatic heterocycles. The molecule has 1 unspecified atom stereocenters. The maximum absolute atomic E-state index is 10.4. The molecule has 0 aromatic carbocycles. The van der Waals surface area contributed by atoms with Gasteiger partial charge < -0.3 is 76.5 Å². The minimum Gasteiger partial charge on any atom is -0.388 e. The number of hydrogen-bond donors (Lipinski definition) is 2. The van der Waals surface area contributed by atoms with E-state index in [9.17, 15) is 10.2 Å². The smallest absolute Gasteiger partial charge is 0.161 e. The van der Waals surface area contributed by atoms with Gasteiger partial charge in [0.15, 0.2) is 31.5 Å². The number of rotatable bonds is 13. The van der Waals surface area contributed by atoms with E-state index >= 15 is 0 Å². The molecule has 2 N–H and O–H groups in total. The predicted molar refractivity (Wildman–Crippen MR) is 176 cm³/mol. The van der Waals surface area contributed by atoms with Crippen LogP contribution in [0.4, 0.5) is 0 Å². The average molecular weight is 739 g/mol. The monoisotopic (exact) mass is 738 g/mol. The predicted octanol–water partition coefficient (Wildman–Crippen LogP) is 1.63. The van der Waals surface area contributed by atoms with Crippen LogP contribution in [-0.4, -0.2) is 169 Å². The first-order valence-electron chi connectivity index (χ1n) is 18.3. The lowest BCUT2D eigenvalue weighted by Crippen LogP contribution is -2.58. The summed E-state index contributed by atoms with van der Waals surface area (Å²) in [5, 5.41) is 20.4.